The van der Waals surface area contributed by atoms with Crippen molar-refractivity contribution < 1.29 is 13.2 Å². The SMILES string of the molecule is CCC1(CNCC(F)(F)F)CCCNC1. The lowest BCUT2D eigenvalue weighted by atomic mass is 9.78. The molecule has 0 spiro atoms. The summed E-state index contributed by atoms with van der Waals surface area (Å²) in [4.78, 5) is 0. The van der Waals surface area contributed by atoms with Crippen LogP contribution >= 0.6 is 0 Å². The molecule has 0 saturated carbocycles. The first kappa shape index (κ1) is 12.8. The third-order valence-corrected chi connectivity index (χ3v) is 3.14. The minimum absolute atomic E-state index is 0.0174. The van der Waals surface area contributed by atoms with Gasteiger partial charge in [0.1, 0.15) is 0 Å². The van der Waals surface area contributed by atoms with Crippen molar-refractivity contribution in [2.45, 2.75) is 32.4 Å². The Morgan fingerprint density at radius 3 is 2.60 bits per heavy atom. The fourth-order valence-corrected chi connectivity index (χ4v) is 2.08. The molecule has 1 unspecified atom stereocenters. The fourth-order valence-electron chi connectivity index (χ4n) is 2.08. The van der Waals surface area contributed by atoms with Crippen LogP contribution in [0.25, 0.3) is 0 Å². The molecule has 0 radical (unpaired) electrons. The molecule has 0 amide bonds. The second-order valence-corrected chi connectivity index (χ2v) is 4.35. The van der Waals surface area contributed by atoms with E-state index in [0.717, 1.165) is 32.4 Å². The highest BCUT2D eigenvalue weighted by Crippen LogP contribution is 2.29. The van der Waals surface area contributed by atoms with Crippen molar-refractivity contribution in [3.8, 4) is 0 Å². The van der Waals surface area contributed by atoms with Gasteiger partial charge in [-0.1, -0.05) is 6.92 Å². The lowest BCUT2D eigenvalue weighted by molar-refractivity contribution is -0.125. The van der Waals surface area contributed by atoms with Crippen molar-refractivity contribution >= 4 is 0 Å². The average molecular weight is 224 g/mol. The van der Waals surface area contributed by atoms with Crippen LogP contribution < -0.4 is 10.6 Å². The van der Waals surface area contributed by atoms with E-state index in [1.807, 2.05) is 6.92 Å². The molecule has 0 bridgehead atoms. The number of hydrogen-bond donors (Lipinski definition) is 2. The van der Waals surface area contributed by atoms with E-state index < -0.39 is 12.7 Å². The zero-order chi connectivity index (χ0) is 11.4. The molecule has 1 atom stereocenters. The van der Waals surface area contributed by atoms with Gasteiger partial charge in [0.25, 0.3) is 0 Å². The molecule has 1 aliphatic rings. The summed E-state index contributed by atoms with van der Waals surface area (Å²) < 4.78 is 35.9. The van der Waals surface area contributed by atoms with Crippen LogP contribution in [0.2, 0.25) is 0 Å². The second kappa shape index (κ2) is 5.16. The molecule has 1 heterocycles. The van der Waals surface area contributed by atoms with Crippen LogP contribution in [0.1, 0.15) is 26.2 Å². The molecule has 1 fully saturated rings. The quantitative estimate of drug-likeness (QED) is 0.762. The highest BCUT2D eigenvalue weighted by atomic mass is 19.4. The van der Waals surface area contributed by atoms with Gasteiger partial charge in [-0.25, -0.2) is 0 Å². The maximum atomic E-state index is 12.0. The number of halogens is 3. The van der Waals surface area contributed by atoms with Gasteiger partial charge >= 0.3 is 6.18 Å². The molecule has 0 aromatic heterocycles. The molecule has 5 heteroatoms. The molecular weight excluding hydrogens is 205 g/mol. The molecule has 2 N–H and O–H groups in total. The van der Waals surface area contributed by atoms with Gasteiger partial charge in [0, 0.05) is 13.1 Å². The van der Waals surface area contributed by atoms with Crippen LogP contribution in [-0.2, 0) is 0 Å². The Kier molecular flexibility index (Phi) is 4.40. The van der Waals surface area contributed by atoms with E-state index in [1.165, 1.54) is 0 Å². The molecule has 15 heavy (non-hydrogen) atoms. The summed E-state index contributed by atoms with van der Waals surface area (Å²) in [6, 6.07) is 0. The number of nitrogens with one attached hydrogen (secondary N) is 2. The number of rotatable bonds is 4. The highest BCUT2D eigenvalue weighted by Gasteiger charge is 2.32. The fraction of sp³-hybridized carbons (Fsp3) is 1.00. The van der Waals surface area contributed by atoms with Gasteiger partial charge in [-0.15, -0.1) is 0 Å². The molecule has 1 aliphatic heterocycles. The molecular formula is C10H19F3N2. The number of piperidine rings is 1. The summed E-state index contributed by atoms with van der Waals surface area (Å²) in [7, 11) is 0. The van der Waals surface area contributed by atoms with Crippen LogP contribution in [-0.4, -0.2) is 32.4 Å². The molecule has 0 aliphatic carbocycles. The normalized spacial score (nSPS) is 28.0. The van der Waals surface area contributed by atoms with E-state index in [4.69, 9.17) is 0 Å². The third-order valence-electron chi connectivity index (χ3n) is 3.14. The molecule has 90 valence electrons. The van der Waals surface area contributed by atoms with Crippen molar-refractivity contribution in [1.82, 2.24) is 10.6 Å². The predicted molar refractivity (Wildman–Crippen MR) is 53.8 cm³/mol. The Hall–Kier alpha value is -0.290. The summed E-state index contributed by atoms with van der Waals surface area (Å²) in [5.41, 5.74) is 0.0174. The monoisotopic (exact) mass is 224 g/mol. The maximum absolute atomic E-state index is 12.0. The Morgan fingerprint density at radius 2 is 2.13 bits per heavy atom. The largest absolute Gasteiger partial charge is 0.401 e. The zero-order valence-corrected chi connectivity index (χ0v) is 9.08. The van der Waals surface area contributed by atoms with Crippen LogP contribution in [0.3, 0.4) is 0 Å². The molecule has 0 aromatic rings. The molecule has 1 rings (SSSR count). The number of hydrogen-bond acceptors (Lipinski definition) is 2. The van der Waals surface area contributed by atoms with Crippen molar-refractivity contribution in [1.29, 1.82) is 0 Å². The summed E-state index contributed by atoms with van der Waals surface area (Å²) >= 11 is 0. The van der Waals surface area contributed by atoms with Crippen LogP contribution in [0.15, 0.2) is 0 Å². The lowest BCUT2D eigenvalue weighted by Crippen LogP contribution is -2.47. The first-order valence-corrected chi connectivity index (χ1v) is 5.46. The van der Waals surface area contributed by atoms with Gasteiger partial charge in [-0.2, -0.15) is 13.2 Å². The molecule has 1 saturated heterocycles. The smallest absolute Gasteiger partial charge is 0.316 e. The summed E-state index contributed by atoms with van der Waals surface area (Å²) in [6.07, 6.45) is -1.11. The first-order chi connectivity index (χ1) is 6.97. The summed E-state index contributed by atoms with van der Waals surface area (Å²) in [5.74, 6) is 0. The molecule has 0 aromatic carbocycles. The minimum Gasteiger partial charge on any atom is -0.316 e. The van der Waals surface area contributed by atoms with E-state index in [0.29, 0.717) is 6.54 Å². The van der Waals surface area contributed by atoms with Gasteiger partial charge < -0.3 is 10.6 Å². The first-order valence-electron chi connectivity index (χ1n) is 5.46. The van der Waals surface area contributed by atoms with Gasteiger partial charge in [-0.3, -0.25) is 0 Å². The third kappa shape index (κ3) is 4.38. The topological polar surface area (TPSA) is 24.1 Å². The van der Waals surface area contributed by atoms with Crippen molar-refractivity contribution in [3.05, 3.63) is 0 Å². The summed E-state index contributed by atoms with van der Waals surface area (Å²) in [6.45, 7) is 3.43. The minimum atomic E-state index is -4.10. The van der Waals surface area contributed by atoms with Gasteiger partial charge in [0.05, 0.1) is 6.54 Å². The van der Waals surface area contributed by atoms with Gasteiger partial charge in [0.2, 0.25) is 0 Å². The highest BCUT2D eigenvalue weighted by molar-refractivity contribution is 4.86. The predicted octanol–water partition coefficient (Wildman–Crippen LogP) is 1.92. The van der Waals surface area contributed by atoms with E-state index in [-0.39, 0.29) is 5.41 Å². The lowest BCUT2D eigenvalue weighted by Gasteiger charge is -2.37. The zero-order valence-electron chi connectivity index (χ0n) is 9.08. The summed E-state index contributed by atoms with van der Waals surface area (Å²) in [5, 5.41) is 5.77. The van der Waals surface area contributed by atoms with Crippen LogP contribution in [0.5, 0.6) is 0 Å². The second-order valence-electron chi connectivity index (χ2n) is 4.35. The van der Waals surface area contributed by atoms with E-state index in [1.54, 1.807) is 0 Å². The van der Waals surface area contributed by atoms with Crippen molar-refractivity contribution in [2.24, 2.45) is 5.41 Å². The standard InChI is InChI=1S/C10H19F3N2/c1-2-9(4-3-5-14-6-9)7-15-8-10(11,12)13/h14-15H,2-8H2,1H3. The maximum Gasteiger partial charge on any atom is 0.401 e. The Morgan fingerprint density at radius 1 is 1.40 bits per heavy atom. The van der Waals surface area contributed by atoms with Crippen LogP contribution in [0.4, 0.5) is 13.2 Å². The van der Waals surface area contributed by atoms with Gasteiger partial charge in [0.15, 0.2) is 0 Å². The average Bonchev–Trinajstić information content (AvgIpc) is 2.17. The van der Waals surface area contributed by atoms with E-state index in [9.17, 15) is 13.2 Å². The van der Waals surface area contributed by atoms with Crippen molar-refractivity contribution in [3.63, 3.8) is 0 Å². The van der Waals surface area contributed by atoms with Crippen molar-refractivity contribution in [2.75, 3.05) is 26.2 Å². The molecule has 2 nitrogen and oxygen atoms in total. The van der Waals surface area contributed by atoms with E-state index >= 15 is 0 Å². The Bertz CT molecular complexity index is 186. The van der Waals surface area contributed by atoms with Gasteiger partial charge in [-0.05, 0) is 31.2 Å². The Labute approximate surface area is 88.6 Å². The number of alkyl halides is 3. The van der Waals surface area contributed by atoms with Crippen LogP contribution in [0, 0.1) is 5.41 Å². The van der Waals surface area contributed by atoms with E-state index in [2.05, 4.69) is 10.6 Å². The Balaban J connectivity index is 2.33.